The Labute approximate surface area is 188 Å². The van der Waals surface area contributed by atoms with Gasteiger partial charge in [-0.2, -0.15) is 0 Å². The Kier molecular flexibility index (Phi) is 5.28. The van der Waals surface area contributed by atoms with Gasteiger partial charge >= 0.3 is 0 Å². The molecule has 5 rings (SSSR count). The van der Waals surface area contributed by atoms with Crippen LogP contribution in [0.3, 0.4) is 0 Å². The van der Waals surface area contributed by atoms with Gasteiger partial charge in [0, 0.05) is 11.8 Å². The molecule has 158 valence electrons. The Bertz CT molecular complexity index is 1460. The Hall–Kier alpha value is -3.78. The number of para-hydroxylation sites is 1. The number of thioether (sulfide) groups is 1. The van der Waals surface area contributed by atoms with E-state index in [0.717, 1.165) is 11.1 Å². The third kappa shape index (κ3) is 3.80. The van der Waals surface area contributed by atoms with Crippen molar-refractivity contribution in [3.05, 3.63) is 94.7 Å². The van der Waals surface area contributed by atoms with E-state index in [1.807, 2.05) is 74.5 Å². The zero-order chi connectivity index (χ0) is 22.1. The molecule has 32 heavy (non-hydrogen) atoms. The van der Waals surface area contributed by atoms with Crippen LogP contribution in [-0.4, -0.2) is 24.7 Å². The molecular formula is C24H19N5O2S. The molecule has 0 aliphatic rings. The largest absolute Gasteiger partial charge is 0.419 e. The molecule has 0 amide bonds. The van der Waals surface area contributed by atoms with Crippen LogP contribution >= 0.6 is 11.8 Å². The Morgan fingerprint density at radius 1 is 1.00 bits per heavy atom. The summed E-state index contributed by atoms with van der Waals surface area (Å²) in [5.41, 5.74) is 2.32. The van der Waals surface area contributed by atoms with Gasteiger partial charge in [-0.15, -0.1) is 10.2 Å². The van der Waals surface area contributed by atoms with Crippen molar-refractivity contribution >= 4 is 22.7 Å². The van der Waals surface area contributed by atoms with Crippen LogP contribution in [0.1, 0.15) is 23.6 Å². The summed E-state index contributed by atoms with van der Waals surface area (Å²) in [5, 5.41) is 9.22. The lowest BCUT2D eigenvalue weighted by atomic mass is 10.2. The van der Waals surface area contributed by atoms with Crippen molar-refractivity contribution in [3.63, 3.8) is 0 Å². The van der Waals surface area contributed by atoms with Crippen LogP contribution in [0.5, 0.6) is 0 Å². The van der Waals surface area contributed by atoms with Gasteiger partial charge in [-0.05, 0) is 55.8 Å². The topological polar surface area (TPSA) is 86.7 Å². The minimum absolute atomic E-state index is 0.168. The maximum absolute atomic E-state index is 13.4. The third-order valence-electron chi connectivity index (χ3n) is 4.97. The van der Waals surface area contributed by atoms with E-state index in [2.05, 4.69) is 15.2 Å². The number of aryl methyl sites for hydroxylation is 1. The summed E-state index contributed by atoms with van der Waals surface area (Å²) >= 11 is 1.38. The summed E-state index contributed by atoms with van der Waals surface area (Å²) in [6.07, 6.45) is 1.69. The molecule has 3 aromatic heterocycles. The smallest absolute Gasteiger partial charge is 0.267 e. The van der Waals surface area contributed by atoms with Crippen molar-refractivity contribution in [2.75, 3.05) is 0 Å². The van der Waals surface area contributed by atoms with E-state index in [1.54, 1.807) is 16.8 Å². The molecule has 0 N–H and O–H groups in total. The van der Waals surface area contributed by atoms with Gasteiger partial charge in [0.25, 0.3) is 5.56 Å². The minimum Gasteiger partial charge on any atom is -0.419 e. The molecule has 0 spiro atoms. The van der Waals surface area contributed by atoms with Crippen LogP contribution in [0.2, 0.25) is 0 Å². The van der Waals surface area contributed by atoms with Gasteiger partial charge in [-0.3, -0.25) is 4.79 Å². The second kappa shape index (κ2) is 8.39. The van der Waals surface area contributed by atoms with Crippen molar-refractivity contribution in [2.24, 2.45) is 0 Å². The molecule has 1 unspecified atom stereocenters. The quantitative estimate of drug-likeness (QED) is 0.280. The molecule has 2 aromatic carbocycles. The van der Waals surface area contributed by atoms with E-state index >= 15 is 0 Å². The van der Waals surface area contributed by atoms with Gasteiger partial charge in [-0.1, -0.05) is 42.1 Å². The molecule has 0 radical (unpaired) electrons. The van der Waals surface area contributed by atoms with Gasteiger partial charge in [0.05, 0.1) is 16.2 Å². The molecule has 0 saturated heterocycles. The van der Waals surface area contributed by atoms with Gasteiger partial charge in [0.15, 0.2) is 5.16 Å². The molecule has 7 nitrogen and oxygen atoms in total. The molecule has 0 bridgehead atoms. The fourth-order valence-electron chi connectivity index (χ4n) is 3.34. The van der Waals surface area contributed by atoms with Gasteiger partial charge in [0.1, 0.15) is 5.82 Å². The fourth-order valence-corrected chi connectivity index (χ4v) is 4.29. The number of benzene rings is 2. The van der Waals surface area contributed by atoms with E-state index in [1.165, 1.54) is 11.8 Å². The van der Waals surface area contributed by atoms with E-state index < -0.39 is 0 Å². The lowest BCUT2D eigenvalue weighted by Crippen LogP contribution is -2.23. The summed E-state index contributed by atoms with van der Waals surface area (Å²) in [6, 6.07) is 20.7. The van der Waals surface area contributed by atoms with Crippen molar-refractivity contribution < 1.29 is 4.42 Å². The van der Waals surface area contributed by atoms with Crippen molar-refractivity contribution in [2.45, 2.75) is 24.3 Å². The number of hydrogen-bond donors (Lipinski definition) is 0. The molecule has 1 atom stereocenters. The average Bonchev–Trinajstić information content (AvgIpc) is 3.30. The predicted molar refractivity (Wildman–Crippen MR) is 124 cm³/mol. The first kappa shape index (κ1) is 20.1. The van der Waals surface area contributed by atoms with Crippen molar-refractivity contribution in [3.8, 4) is 17.3 Å². The number of rotatable bonds is 5. The minimum atomic E-state index is -0.232. The van der Waals surface area contributed by atoms with E-state index in [0.29, 0.717) is 33.7 Å². The Morgan fingerprint density at radius 3 is 2.59 bits per heavy atom. The van der Waals surface area contributed by atoms with Crippen molar-refractivity contribution in [1.29, 1.82) is 0 Å². The summed E-state index contributed by atoms with van der Waals surface area (Å²) < 4.78 is 7.46. The standard InChI is InChI=1S/C24H19N5O2S/c1-15-12-13-25-20(14-15)29-23(30)18-10-6-7-11-19(18)26-24(29)32-16(2)21-27-28-22(31-21)17-8-4-3-5-9-17/h3-14,16H,1-2H3. The van der Waals surface area contributed by atoms with Crippen molar-refractivity contribution in [1.82, 2.24) is 24.7 Å². The molecule has 0 aliphatic heterocycles. The van der Waals surface area contributed by atoms with Crippen LogP contribution < -0.4 is 5.56 Å². The first-order valence-corrected chi connectivity index (χ1v) is 11.0. The molecule has 8 heteroatoms. The predicted octanol–water partition coefficient (Wildman–Crippen LogP) is 4.99. The fraction of sp³-hybridized carbons (Fsp3) is 0.125. The molecule has 5 aromatic rings. The van der Waals surface area contributed by atoms with Crippen LogP contribution in [0.25, 0.3) is 28.2 Å². The Balaban J connectivity index is 1.57. The molecule has 3 heterocycles. The van der Waals surface area contributed by atoms with Crippen LogP contribution in [0, 0.1) is 6.92 Å². The number of pyridine rings is 1. The average molecular weight is 442 g/mol. The number of hydrogen-bond acceptors (Lipinski definition) is 7. The maximum Gasteiger partial charge on any atom is 0.267 e. The van der Waals surface area contributed by atoms with E-state index in [9.17, 15) is 4.79 Å². The zero-order valence-corrected chi connectivity index (χ0v) is 18.3. The highest BCUT2D eigenvalue weighted by molar-refractivity contribution is 7.99. The summed E-state index contributed by atoms with van der Waals surface area (Å²) in [5.74, 6) is 1.44. The normalized spacial score (nSPS) is 12.2. The van der Waals surface area contributed by atoms with Crippen LogP contribution in [0.15, 0.2) is 87.3 Å². The monoisotopic (exact) mass is 441 g/mol. The molecule has 0 fully saturated rings. The van der Waals surface area contributed by atoms with E-state index in [4.69, 9.17) is 9.40 Å². The second-order valence-corrected chi connectivity index (χ2v) is 8.62. The van der Waals surface area contributed by atoms with Crippen LogP contribution in [0.4, 0.5) is 0 Å². The first-order chi connectivity index (χ1) is 15.6. The molecule has 0 aliphatic carbocycles. The molecule has 0 saturated carbocycles. The lowest BCUT2D eigenvalue weighted by molar-refractivity contribution is 0.508. The lowest BCUT2D eigenvalue weighted by Gasteiger charge is -2.14. The first-order valence-electron chi connectivity index (χ1n) is 10.1. The maximum atomic E-state index is 13.4. The highest BCUT2D eigenvalue weighted by Crippen LogP contribution is 2.35. The highest BCUT2D eigenvalue weighted by atomic mass is 32.2. The number of fused-ring (bicyclic) bond motifs is 1. The second-order valence-electron chi connectivity index (χ2n) is 7.32. The van der Waals surface area contributed by atoms with Gasteiger partial charge in [-0.25, -0.2) is 14.5 Å². The summed E-state index contributed by atoms with van der Waals surface area (Å²) in [6.45, 7) is 3.91. The highest BCUT2D eigenvalue weighted by Gasteiger charge is 2.21. The van der Waals surface area contributed by atoms with E-state index in [-0.39, 0.29) is 10.8 Å². The van der Waals surface area contributed by atoms with Gasteiger partial charge in [0.2, 0.25) is 11.8 Å². The third-order valence-corrected chi connectivity index (χ3v) is 6.01. The number of aromatic nitrogens is 5. The SMILES string of the molecule is Cc1ccnc(-n2c(SC(C)c3nnc(-c4ccccc4)o3)nc3ccccc3c2=O)c1. The summed E-state index contributed by atoms with van der Waals surface area (Å²) in [7, 11) is 0. The zero-order valence-electron chi connectivity index (χ0n) is 17.5. The molecular weight excluding hydrogens is 422 g/mol. The van der Waals surface area contributed by atoms with Crippen LogP contribution in [-0.2, 0) is 0 Å². The Morgan fingerprint density at radius 2 is 1.78 bits per heavy atom. The number of nitrogens with zero attached hydrogens (tertiary/aromatic N) is 5. The summed E-state index contributed by atoms with van der Waals surface area (Å²) in [4.78, 5) is 22.6. The van der Waals surface area contributed by atoms with Gasteiger partial charge < -0.3 is 4.42 Å².